The molecule has 2 aromatic carbocycles. The second-order valence-corrected chi connectivity index (χ2v) is 8.32. The third kappa shape index (κ3) is 4.41. The zero-order chi connectivity index (χ0) is 20.4. The Morgan fingerprint density at radius 3 is 2.86 bits per heavy atom. The monoisotopic (exact) mass is 472 g/mol. The van der Waals surface area contributed by atoms with Gasteiger partial charge in [-0.25, -0.2) is 14.4 Å². The molecule has 0 saturated carbocycles. The Hall–Kier alpha value is -2.91. The third-order valence-corrected chi connectivity index (χ3v) is 5.63. The lowest BCUT2D eigenvalue weighted by atomic mass is 10.1. The summed E-state index contributed by atoms with van der Waals surface area (Å²) < 4.78 is 15.8. The van der Waals surface area contributed by atoms with Gasteiger partial charge in [-0.05, 0) is 29.8 Å². The normalized spacial score (nSPS) is 11.0. The SMILES string of the molecule is O=C(Cn1cnc2ccc(Br)cc2c1=O)Nc1ncc(Cc2ccccc2F)s1. The Kier molecular flexibility index (Phi) is 5.50. The number of halogens is 2. The zero-order valence-corrected chi connectivity index (χ0v) is 17.3. The van der Waals surface area contributed by atoms with E-state index < -0.39 is 5.91 Å². The molecule has 9 heteroatoms. The fourth-order valence-corrected chi connectivity index (χ4v) is 4.05. The van der Waals surface area contributed by atoms with Gasteiger partial charge >= 0.3 is 0 Å². The highest BCUT2D eigenvalue weighted by atomic mass is 79.9. The van der Waals surface area contributed by atoms with Gasteiger partial charge in [-0.3, -0.25) is 14.2 Å². The van der Waals surface area contributed by atoms with Crippen molar-refractivity contribution in [2.75, 3.05) is 5.32 Å². The van der Waals surface area contributed by atoms with Gasteiger partial charge in [-0.15, -0.1) is 11.3 Å². The molecule has 146 valence electrons. The molecule has 0 fully saturated rings. The van der Waals surface area contributed by atoms with Crippen LogP contribution in [0, 0.1) is 5.82 Å². The highest BCUT2D eigenvalue weighted by molar-refractivity contribution is 9.10. The number of nitrogens with zero attached hydrogens (tertiary/aromatic N) is 3. The summed E-state index contributed by atoms with van der Waals surface area (Å²) in [6.07, 6.45) is 3.35. The van der Waals surface area contributed by atoms with Crippen molar-refractivity contribution in [3.8, 4) is 0 Å². The van der Waals surface area contributed by atoms with E-state index in [-0.39, 0.29) is 17.9 Å². The van der Waals surface area contributed by atoms with Gasteiger partial charge in [0, 0.05) is 22.0 Å². The molecular formula is C20H14BrFN4O2S. The molecular weight excluding hydrogens is 459 g/mol. The van der Waals surface area contributed by atoms with Gasteiger partial charge < -0.3 is 5.32 Å². The maximum absolute atomic E-state index is 13.8. The van der Waals surface area contributed by atoms with E-state index in [1.165, 1.54) is 28.3 Å². The van der Waals surface area contributed by atoms with Crippen molar-refractivity contribution in [3.05, 3.63) is 86.1 Å². The molecule has 0 atom stereocenters. The molecule has 0 bridgehead atoms. The Morgan fingerprint density at radius 2 is 2.03 bits per heavy atom. The number of carbonyl (C=O) groups is 1. The molecule has 2 aromatic heterocycles. The van der Waals surface area contributed by atoms with Crippen LogP contribution < -0.4 is 10.9 Å². The summed E-state index contributed by atoms with van der Waals surface area (Å²) in [5, 5.41) is 3.50. The second-order valence-electron chi connectivity index (χ2n) is 6.29. The fraction of sp³-hybridized carbons (Fsp3) is 0.100. The molecule has 2 heterocycles. The van der Waals surface area contributed by atoms with Crippen LogP contribution >= 0.6 is 27.3 Å². The summed E-state index contributed by atoms with van der Waals surface area (Å²) >= 11 is 4.60. The average molecular weight is 473 g/mol. The lowest BCUT2D eigenvalue weighted by Crippen LogP contribution is -2.27. The first kappa shape index (κ1) is 19.4. The molecule has 1 amide bonds. The van der Waals surface area contributed by atoms with Crippen LogP contribution in [0.2, 0.25) is 0 Å². The van der Waals surface area contributed by atoms with Crippen LogP contribution in [-0.4, -0.2) is 20.4 Å². The first-order chi connectivity index (χ1) is 14.0. The molecule has 0 aliphatic carbocycles. The molecule has 0 aliphatic rings. The van der Waals surface area contributed by atoms with Crippen molar-refractivity contribution in [3.63, 3.8) is 0 Å². The van der Waals surface area contributed by atoms with Crippen molar-refractivity contribution in [1.82, 2.24) is 14.5 Å². The maximum atomic E-state index is 13.8. The molecule has 0 aliphatic heterocycles. The van der Waals surface area contributed by atoms with Gasteiger partial charge in [0.05, 0.1) is 17.2 Å². The number of rotatable bonds is 5. The number of aromatic nitrogens is 3. The third-order valence-electron chi connectivity index (χ3n) is 4.22. The van der Waals surface area contributed by atoms with Gasteiger partial charge in [0.25, 0.3) is 5.56 Å². The average Bonchev–Trinajstić information content (AvgIpc) is 3.13. The molecule has 4 rings (SSSR count). The van der Waals surface area contributed by atoms with Crippen molar-refractivity contribution in [1.29, 1.82) is 0 Å². The number of hydrogen-bond acceptors (Lipinski definition) is 5. The lowest BCUT2D eigenvalue weighted by molar-refractivity contribution is -0.116. The van der Waals surface area contributed by atoms with Crippen LogP contribution in [0.3, 0.4) is 0 Å². The van der Waals surface area contributed by atoms with Crippen LogP contribution in [0.4, 0.5) is 9.52 Å². The van der Waals surface area contributed by atoms with Crippen LogP contribution in [-0.2, 0) is 17.8 Å². The largest absolute Gasteiger partial charge is 0.300 e. The molecule has 0 radical (unpaired) electrons. The molecule has 6 nitrogen and oxygen atoms in total. The van der Waals surface area contributed by atoms with E-state index in [9.17, 15) is 14.0 Å². The van der Waals surface area contributed by atoms with E-state index in [1.807, 2.05) is 0 Å². The van der Waals surface area contributed by atoms with E-state index in [4.69, 9.17) is 0 Å². The summed E-state index contributed by atoms with van der Waals surface area (Å²) in [7, 11) is 0. The van der Waals surface area contributed by atoms with Crippen molar-refractivity contribution in [2.24, 2.45) is 0 Å². The molecule has 4 aromatic rings. The highest BCUT2D eigenvalue weighted by Gasteiger charge is 2.12. The number of amides is 1. The predicted octanol–water partition coefficient (Wildman–Crippen LogP) is 3.98. The van der Waals surface area contributed by atoms with Gasteiger partial charge in [0.2, 0.25) is 5.91 Å². The summed E-state index contributed by atoms with van der Waals surface area (Å²) in [6, 6.07) is 11.7. The van der Waals surface area contributed by atoms with Crippen molar-refractivity contribution >= 4 is 49.2 Å². The molecule has 0 saturated heterocycles. The van der Waals surface area contributed by atoms with Crippen LogP contribution in [0.5, 0.6) is 0 Å². The number of fused-ring (bicyclic) bond motifs is 1. The van der Waals surface area contributed by atoms with Crippen LogP contribution in [0.25, 0.3) is 10.9 Å². The number of benzene rings is 2. The summed E-state index contributed by atoms with van der Waals surface area (Å²) in [5.74, 6) is -0.670. The Morgan fingerprint density at radius 1 is 1.21 bits per heavy atom. The first-order valence-corrected chi connectivity index (χ1v) is 10.2. The van der Waals surface area contributed by atoms with E-state index in [2.05, 4.69) is 31.2 Å². The number of hydrogen-bond donors (Lipinski definition) is 1. The minimum absolute atomic E-state index is 0.184. The first-order valence-electron chi connectivity index (χ1n) is 8.62. The standard InChI is InChI=1S/C20H14BrFN4O2S/c21-13-5-6-17-15(8-13)19(28)26(11-24-17)10-18(27)25-20-23-9-14(29-20)7-12-3-1-2-4-16(12)22/h1-6,8-9,11H,7,10H2,(H,23,25,27). The topological polar surface area (TPSA) is 76.9 Å². The Labute approximate surface area is 177 Å². The smallest absolute Gasteiger partial charge is 0.261 e. The Bertz CT molecular complexity index is 1270. The van der Waals surface area contributed by atoms with E-state index >= 15 is 0 Å². The molecule has 29 heavy (non-hydrogen) atoms. The molecule has 0 spiro atoms. The van der Waals surface area contributed by atoms with Crippen molar-refractivity contribution < 1.29 is 9.18 Å². The number of carbonyl (C=O) groups excluding carboxylic acids is 1. The highest BCUT2D eigenvalue weighted by Crippen LogP contribution is 2.22. The van der Waals surface area contributed by atoms with E-state index in [0.29, 0.717) is 28.0 Å². The molecule has 0 unspecified atom stereocenters. The number of nitrogens with one attached hydrogen (secondary N) is 1. The predicted molar refractivity (Wildman–Crippen MR) is 114 cm³/mol. The zero-order valence-electron chi connectivity index (χ0n) is 14.9. The lowest BCUT2D eigenvalue weighted by Gasteiger charge is -2.06. The number of anilines is 1. The van der Waals surface area contributed by atoms with Crippen LogP contribution in [0.1, 0.15) is 10.4 Å². The minimum Gasteiger partial charge on any atom is -0.300 e. The number of thiazole rings is 1. The fourth-order valence-electron chi connectivity index (χ4n) is 2.83. The van der Waals surface area contributed by atoms with Crippen molar-refractivity contribution in [2.45, 2.75) is 13.0 Å². The summed E-state index contributed by atoms with van der Waals surface area (Å²) in [5.41, 5.74) is 0.826. The van der Waals surface area contributed by atoms with Crippen LogP contribution in [0.15, 0.2) is 64.3 Å². The van der Waals surface area contributed by atoms with Gasteiger partial charge in [0.1, 0.15) is 12.4 Å². The minimum atomic E-state index is -0.393. The van der Waals surface area contributed by atoms with Gasteiger partial charge in [0.15, 0.2) is 5.13 Å². The summed E-state index contributed by atoms with van der Waals surface area (Å²) in [6.45, 7) is -0.184. The Balaban J connectivity index is 1.46. The van der Waals surface area contributed by atoms with E-state index in [1.54, 1.807) is 42.6 Å². The quantitative estimate of drug-likeness (QED) is 0.476. The molecule has 1 N–H and O–H groups in total. The second kappa shape index (κ2) is 8.22. The van der Waals surface area contributed by atoms with Gasteiger partial charge in [-0.2, -0.15) is 0 Å². The van der Waals surface area contributed by atoms with Gasteiger partial charge in [-0.1, -0.05) is 34.1 Å². The van der Waals surface area contributed by atoms with E-state index in [0.717, 1.165) is 9.35 Å². The maximum Gasteiger partial charge on any atom is 0.261 e. The summed E-state index contributed by atoms with van der Waals surface area (Å²) in [4.78, 5) is 34.1.